The summed E-state index contributed by atoms with van der Waals surface area (Å²) in [6.07, 6.45) is -0.179. The second-order valence-corrected chi connectivity index (χ2v) is 7.07. The normalized spacial score (nSPS) is 15.8. The Morgan fingerprint density at radius 1 is 1.06 bits per heavy atom. The van der Waals surface area contributed by atoms with Crippen LogP contribution in [0.1, 0.15) is 13.3 Å². The third-order valence-electron chi connectivity index (χ3n) is 4.99. The molecule has 1 aliphatic rings. The molecule has 9 heteroatoms. The Bertz CT molecular complexity index is 962. The minimum Gasteiger partial charge on any atom is -0.497 e. The number of amides is 4. The summed E-state index contributed by atoms with van der Waals surface area (Å²) in [7, 11) is 3.02. The number of nitrogens with one attached hydrogen (secondary N) is 1. The average molecular weight is 441 g/mol. The minimum absolute atomic E-state index is 0.179. The second-order valence-electron chi connectivity index (χ2n) is 7.07. The number of urea groups is 1. The molecule has 1 heterocycles. The highest BCUT2D eigenvalue weighted by Crippen LogP contribution is 2.29. The molecule has 0 radical (unpaired) electrons. The van der Waals surface area contributed by atoms with E-state index in [1.165, 1.54) is 19.1 Å². The molecule has 4 amide bonds. The molecule has 32 heavy (non-hydrogen) atoms. The molecule has 0 spiro atoms. The third kappa shape index (κ3) is 5.17. The average Bonchev–Trinajstić information content (AvgIpc) is 3.02. The van der Waals surface area contributed by atoms with Gasteiger partial charge < -0.3 is 24.4 Å². The van der Waals surface area contributed by atoms with Gasteiger partial charge in [0.25, 0.3) is 5.91 Å². The minimum atomic E-state index is -0.938. The van der Waals surface area contributed by atoms with Crippen molar-refractivity contribution < 1.29 is 28.6 Å². The van der Waals surface area contributed by atoms with E-state index in [0.29, 0.717) is 29.5 Å². The number of carbonyl (C=O) groups excluding carboxylic acids is 3. The summed E-state index contributed by atoms with van der Waals surface area (Å²) in [5.74, 6) is 0.362. The Morgan fingerprint density at radius 2 is 1.81 bits per heavy atom. The molecule has 2 aromatic carbocycles. The molecule has 2 aromatic rings. The highest BCUT2D eigenvalue weighted by Gasteiger charge is 2.46. The van der Waals surface area contributed by atoms with Crippen LogP contribution in [-0.4, -0.2) is 62.8 Å². The predicted molar refractivity (Wildman–Crippen MR) is 119 cm³/mol. The maximum absolute atomic E-state index is 13.2. The number of benzene rings is 2. The van der Waals surface area contributed by atoms with Crippen molar-refractivity contribution in [2.24, 2.45) is 0 Å². The Kier molecular flexibility index (Phi) is 7.67. The van der Waals surface area contributed by atoms with Gasteiger partial charge >= 0.3 is 6.03 Å². The van der Waals surface area contributed by atoms with Crippen molar-refractivity contribution in [1.29, 1.82) is 0 Å². The number of carbonyl (C=O) groups is 3. The fraction of sp³-hybridized carbons (Fsp3) is 0.348. The van der Waals surface area contributed by atoms with E-state index in [4.69, 9.17) is 14.2 Å². The molecule has 1 aliphatic heterocycles. The summed E-state index contributed by atoms with van der Waals surface area (Å²) in [5.41, 5.74) is 0.958. The van der Waals surface area contributed by atoms with Crippen molar-refractivity contribution in [1.82, 2.24) is 4.90 Å². The number of hydrogen-bond donors (Lipinski definition) is 1. The molecule has 0 aromatic heterocycles. The van der Waals surface area contributed by atoms with E-state index in [0.717, 1.165) is 4.90 Å². The summed E-state index contributed by atoms with van der Waals surface area (Å²) in [4.78, 5) is 41.4. The molecule has 3 rings (SSSR count). The van der Waals surface area contributed by atoms with Crippen LogP contribution >= 0.6 is 0 Å². The molecule has 0 unspecified atom stereocenters. The first-order valence-corrected chi connectivity index (χ1v) is 10.3. The van der Waals surface area contributed by atoms with Gasteiger partial charge in [-0.05, 0) is 43.3 Å². The smallest absolute Gasteiger partial charge is 0.332 e. The largest absolute Gasteiger partial charge is 0.497 e. The highest BCUT2D eigenvalue weighted by atomic mass is 16.5. The maximum Gasteiger partial charge on any atom is 0.332 e. The number of nitrogens with zero attached hydrogens (tertiary/aromatic N) is 2. The molecule has 9 nitrogen and oxygen atoms in total. The van der Waals surface area contributed by atoms with Gasteiger partial charge in [-0.2, -0.15) is 0 Å². The van der Waals surface area contributed by atoms with Crippen LogP contribution in [0.3, 0.4) is 0 Å². The molecular formula is C23H27N3O6. The van der Waals surface area contributed by atoms with Gasteiger partial charge in [-0.15, -0.1) is 0 Å². The van der Waals surface area contributed by atoms with Crippen molar-refractivity contribution in [3.8, 4) is 11.5 Å². The monoisotopic (exact) mass is 441 g/mol. The van der Waals surface area contributed by atoms with Crippen LogP contribution in [0.4, 0.5) is 16.2 Å². The molecule has 0 aliphatic carbocycles. The first-order valence-electron chi connectivity index (χ1n) is 10.3. The summed E-state index contributed by atoms with van der Waals surface area (Å²) in [6, 6.07) is 12.2. The maximum atomic E-state index is 13.2. The van der Waals surface area contributed by atoms with Gasteiger partial charge in [-0.1, -0.05) is 6.07 Å². The van der Waals surface area contributed by atoms with E-state index in [9.17, 15) is 14.4 Å². The van der Waals surface area contributed by atoms with Gasteiger partial charge in [0.15, 0.2) is 0 Å². The molecular weight excluding hydrogens is 414 g/mol. The van der Waals surface area contributed by atoms with E-state index < -0.39 is 18.0 Å². The lowest BCUT2D eigenvalue weighted by atomic mass is 10.1. The van der Waals surface area contributed by atoms with Gasteiger partial charge in [-0.25, -0.2) is 9.69 Å². The van der Waals surface area contributed by atoms with Crippen molar-refractivity contribution in [2.75, 3.05) is 44.2 Å². The van der Waals surface area contributed by atoms with Crippen molar-refractivity contribution in [2.45, 2.75) is 19.4 Å². The van der Waals surface area contributed by atoms with Crippen molar-refractivity contribution in [3.05, 3.63) is 48.5 Å². The first kappa shape index (κ1) is 23.1. The van der Waals surface area contributed by atoms with E-state index in [1.54, 1.807) is 48.5 Å². The van der Waals surface area contributed by atoms with Crippen LogP contribution < -0.4 is 19.7 Å². The fourth-order valence-electron chi connectivity index (χ4n) is 3.45. The molecule has 1 fully saturated rings. The van der Waals surface area contributed by atoms with Gasteiger partial charge in [0.2, 0.25) is 5.91 Å². The van der Waals surface area contributed by atoms with Gasteiger partial charge in [-0.3, -0.25) is 9.59 Å². The first-order chi connectivity index (χ1) is 15.5. The second kappa shape index (κ2) is 10.6. The van der Waals surface area contributed by atoms with Crippen LogP contribution in [0.15, 0.2) is 48.5 Å². The summed E-state index contributed by atoms with van der Waals surface area (Å²) in [5, 5.41) is 2.77. The quantitative estimate of drug-likeness (QED) is 0.570. The van der Waals surface area contributed by atoms with E-state index in [2.05, 4.69) is 5.32 Å². The van der Waals surface area contributed by atoms with Gasteiger partial charge in [0.1, 0.15) is 17.5 Å². The van der Waals surface area contributed by atoms with Crippen LogP contribution in [0.2, 0.25) is 0 Å². The molecule has 0 saturated carbocycles. The molecule has 1 atom stereocenters. The third-order valence-corrected chi connectivity index (χ3v) is 4.99. The zero-order valence-corrected chi connectivity index (χ0v) is 18.4. The van der Waals surface area contributed by atoms with Crippen LogP contribution in [-0.2, 0) is 14.3 Å². The molecule has 170 valence electrons. The number of methoxy groups -OCH3 is 2. The van der Waals surface area contributed by atoms with Gasteiger partial charge in [0, 0.05) is 25.4 Å². The van der Waals surface area contributed by atoms with E-state index >= 15 is 0 Å². The number of anilines is 2. The van der Waals surface area contributed by atoms with Crippen molar-refractivity contribution >= 4 is 29.2 Å². The molecule has 0 bridgehead atoms. The zero-order chi connectivity index (χ0) is 23.1. The van der Waals surface area contributed by atoms with E-state index in [-0.39, 0.29) is 25.5 Å². The zero-order valence-electron chi connectivity index (χ0n) is 18.4. The Labute approximate surface area is 186 Å². The standard InChI is InChI=1S/C23H27N3O6/c1-4-32-18-10-8-16(9-11-18)24-21(27)15-20-22(28)26(23(29)25(20)12-13-30-2)17-6-5-7-19(14-17)31-3/h5-11,14,20H,4,12-13,15H2,1-3H3,(H,24,27)/t20-/m1/s1. The SMILES string of the molecule is CCOc1ccc(NC(=O)C[C@@H]2C(=O)N(c3cccc(OC)c3)C(=O)N2CCOC)cc1. The lowest BCUT2D eigenvalue weighted by Crippen LogP contribution is -2.39. The Balaban J connectivity index is 1.76. The van der Waals surface area contributed by atoms with E-state index in [1.807, 2.05) is 6.92 Å². The number of hydrogen-bond acceptors (Lipinski definition) is 6. The number of imide groups is 1. The topological polar surface area (TPSA) is 97.4 Å². The summed E-state index contributed by atoms with van der Waals surface area (Å²) < 4.78 is 15.7. The lowest BCUT2D eigenvalue weighted by molar-refractivity contribution is -0.124. The Morgan fingerprint density at radius 3 is 2.47 bits per heavy atom. The predicted octanol–water partition coefficient (Wildman–Crippen LogP) is 2.91. The summed E-state index contributed by atoms with van der Waals surface area (Å²) >= 11 is 0. The molecule has 1 saturated heterocycles. The highest BCUT2D eigenvalue weighted by molar-refractivity contribution is 6.22. The van der Waals surface area contributed by atoms with Crippen molar-refractivity contribution in [3.63, 3.8) is 0 Å². The van der Waals surface area contributed by atoms with Crippen LogP contribution in [0, 0.1) is 0 Å². The number of ether oxygens (including phenoxy) is 3. The Hall–Kier alpha value is -3.59. The fourth-order valence-corrected chi connectivity index (χ4v) is 3.45. The van der Waals surface area contributed by atoms with Crippen LogP contribution in [0.5, 0.6) is 11.5 Å². The summed E-state index contributed by atoms with van der Waals surface area (Å²) in [6.45, 7) is 2.86. The number of rotatable bonds is 10. The van der Waals surface area contributed by atoms with Gasteiger partial charge in [0.05, 0.1) is 32.4 Å². The van der Waals surface area contributed by atoms with Crippen LogP contribution in [0.25, 0.3) is 0 Å². The molecule has 1 N–H and O–H groups in total. The lowest BCUT2D eigenvalue weighted by Gasteiger charge is -2.21.